The molecule has 1 aliphatic rings. The van der Waals surface area contributed by atoms with Crippen molar-refractivity contribution in [1.82, 2.24) is 14.5 Å². The highest BCUT2D eigenvalue weighted by Gasteiger charge is 2.31. The van der Waals surface area contributed by atoms with Crippen LogP contribution < -0.4 is 0 Å². The molecule has 0 bridgehead atoms. The van der Waals surface area contributed by atoms with Gasteiger partial charge in [0.05, 0.1) is 10.4 Å². The highest BCUT2D eigenvalue weighted by molar-refractivity contribution is 6.31. The van der Waals surface area contributed by atoms with Gasteiger partial charge in [-0.25, -0.2) is 9.97 Å². The van der Waals surface area contributed by atoms with E-state index < -0.39 is 0 Å². The van der Waals surface area contributed by atoms with E-state index >= 15 is 0 Å². The molecule has 108 valence electrons. The van der Waals surface area contributed by atoms with E-state index in [9.17, 15) is 0 Å². The fourth-order valence-corrected chi connectivity index (χ4v) is 3.55. The van der Waals surface area contributed by atoms with Crippen LogP contribution in [0.5, 0.6) is 0 Å². The van der Waals surface area contributed by atoms with Gasteiger partial charge in [-0.05, 0) is 31.2 Å². The lowest BCUT2D eigenvalue weighted by molar-refractivity contribution is 0.281. The predicted molar refractivity (Wildman–Crippen MR) is 83.4 cm³/mol. The first kappa shape index (κ1) is 14.2. The Bertz CT molecular complexity index is 627. The molecule has 1 saturated carbocycles. The van der Waals surface area contributed by atoms with Crippen LogP contribution in [0.3, 0.4) is 0 Å². The molecule has 0 spiro atoms. The lowest BCUT2D eigenvalue weighted by Crippen LogP contribution is -2.21. The van der Waals surface area contributed by atoms with Crippen LogP contribution in [0, 0.1) is 5.41 Å². The molecule has 5 heteroatoms. The summed E-state index contributed by atoms with van der Waals surface area (Å²) in [5.41, 5.74) is 2.06. The Morgan fingerprint density at radius 1 is 1.40 bits per heavy atom. The van der Waals surface area contributed by atoms with Crippen LogP contribution in [-0.4, -0.2) is 14.5 Å². The first-order chi connectivity index (χ1) is 9.48. The highest BCUT2D eigenvalue weighted by Crippen LogP contribution is 2.40. The molecule has 1 aliphatic carbocycles. The number of fused-ring (bicyclic) bond motifs is 1. The first-order valence-corrected chi connectivity index (χ1v) is 7.96. The zero-order valence-corrected chi connectivity index (χ0v) is 13.4. The minimum absolute atomic E-state index is 0.132. The van der Waals surface area contributed by atoms with Gasteiger partial charge < -0.3 is 4.57 Å². The molecule has 0 amide bonds. The van der Waals surface area contributed by atoms with Crippen molar-refractivity contribution in [2.75, 3.05) is 0 Å². The number of imidazole rings is 1. The van der Waals surface area contributed by atoms with Crippen LogP contribution in [0.2, 0.25) is 5.02 Å². The van der Waals surface area contributed by atoms with E-state index in [0.717, 1.165) is 23.5 Å². The third kappa shape index (κ3) is 2.53. The van der Waals surface area contributed by atoms with Crippen LogP contribution in [0.25, 0.3) is 11.2 Å². The third-order valence-electron chi connectivity index (χ3n) is 4.29. The molecule has 2 aromatic heterocycles. The van der Waals surface area contributed by atoms with E-state index in [1.807, 2.05) is 13.0 Å². The summed E-state index contributed by atoms with van der Waals surface area (Å²) in [6.07, 6.45) is 6.83. The molecule has 0 N–H and O–H groups in total. The Balaban J connectivity index is 2.09. The Kier molecular flexibility index (Phi) is 3.67. The fourth-order valence-electron chi connectivity index (χ4n) is 3.23. The second-order valence-electron chi connectivity index (χ2n) is 6.19. The molecule has 1 fully saturated rings. The van der Waals surface area contributed by atoms with E-state index in [2.05, 4.69) is 21.5 Å². The second kappa shape index (κ2) is 5.19. The van der Waals surface area contributed by atoms with Crippen LogP contribution >= 0.6 is 23.2 Å². The molecule has 0 aromatic carbocycles. The summed E-state index contributed by atoms with van der Waals surface area (Å²) in [5, 5.41) is 0.482. The van der Waals surface area contributed by atoms with Gasteiger partial charge in [0.2, 0.25) is 0 Å². The van der Waals surface area contributed by atoms with Gasteiger partial charge in [-0.15, -0.1) is 11.6 Å². The van der Waals surface area contributed by atoms with Crippen molar-refractivity contribution < 1.29 is 0 Å². The zero-order chi connectivity index (χ0) is 14.3. The normalized spacial score (nSPS) is 19.6. The van der Waals surface area contributed by atoms with Gasteiger partial charge in [0.1, 0.15) is 11.3 Å². The van der Waals surface area contributed by atoms with Crippen LogP contribution in [0.4, 0.5) is 0 Å². The molecule has 3 nitrogen and oxygen atoms in total. The van der Waals surface area contributed by atoms with Crippen LogP contribution in [-0.2, 0) is 6.54 Å². The quantitative estimate of drug-likeness (QED) is 0.750. The fraction of sp³-hybridized carbons (Fsp3) is 0.600. The van der Waals surface area contributed by atoms with Gasteiger partial charge in [0.25, 0.3) is 0 Å². The van der Waals surface area contributed by atoms with Crippen molar-refractivity contribution >= 4 is 34.4 Å². The molecule has 1 atom stereocenters. The van der Waals surface area contributed by atoms with Crippen molar-refractivity contribution in [1.29, 1.82) is 0 Å². The summed E-state index contributed by atoms with van der Waals surface area (Å²) in [4.78, 5) is 9.10. The topological polar surface area (TPSA) is 30.7 Å². The minimum atomic E-state index is -0.132. The standard InChI is InChI=1S/C15H19Cl2N3/c1-10(16)13-19-12-7-11(17)8-18-14(12)20(13)9-15(2)5-3-4-6-15/h7-8,10H,3-6,9H2,1-2H3. The summed E-state index contributed by atoms with van der Waals surface area (Å²) in [6.45, 7) is 5.24. The second-order valence-corrected chi connectivity index (χ2v) is 7.28. The van der Waals surface area contributed by atoms with Crippen molar-refractivity contribution in [2.24, 2.45) is 5.41 Å². The molecule has 2 aromatic rings. The van der Waals surface area contributed by atoms with E-state index in [-0.39, 0.29) is 5.38 Å². The molecular formula is C15H19Cl2N3. The van der Waals surface area contributed by atoms with Gasteiger partial charge in [-0.1, -0.05) is 31.4 Å². The third-order valence-corrected chi connectivity index (χ3v) is 4.69. The van der Waals surface area contributed by atoms with Gasteiger partial charge in [0, 0.05) is 12.7 Å². The maximum Gasteiger partial charge on any atom is 0.160 e. The Labute approximate surface area is 129 Å². The van der Waals surface area contributed by atoms with E-state index in [0.29, 0.717) is 10.4 Å². The molecule has 0 radical (unpaired) electrons. The molecule has 20 heavy (non-hydrogen) atoms. The SMILES string of the molecule is CC(Cl)c1nc2cc(Cl)cnc2n1CC1(C)CCCC1. The zero-order valence-electron chi connectivity index (χ0n) is 11.9. The van der Waals surface area contributed by atoms with Gasteiger partial charge >= 0.3 is 0 Å². The smallest absolute Gasteiger partial charge is 0.160 e. The lowest BCUT2D eigenvalue weighted by Gasteiger charge is -2.25. The summed E-state index contributed by atoms with van der Waals surface area (Å²) in [5.74, 6) is 0.893. The molecule has 0 aliphatic heterocycles. The Hall–Kier alpha value is -0.800. The number of hydrogen-bond acceptors (Lipinski definition) is 2. The first-order valence-electron chi connectivity index (χ1n) is 7.14. The molecular weight excluding hydrogens is 293 g/mol. The highest BCUT2D eigenvalue weighted by atomic mass is 35.5. The maximum atomic E-state index is 6.31. The van der Waals surface area contributed by atoms with E-state index in [4.69, 9.17) is 23.2 Å². The molecule has 3 rings (SSSR count). The Morgan fingerprint density at radius 3 is 2.75 bits per heavy atom. The van der Waals surface area contributed by atoms with Gasteiger partial charge in [-0.2, -0.15) is 0 Å². The Morgan fingerprint density at radius 2 is 2.10 bits per heavy atom. The minimum Gasteiger partial charge on any atom is -0.311 e. The lowest BCUT2D eigenvalue weighted by atomic mass is 9.89. The number of aromatic nitrogens is 3. The average Bonchev–Trinajstić information content (AvgIpc) is 2.94. The average molecular weight is 312 g/mol. The van der Waals surface area contributed by atoms with Gasteiger partial charge in [0.15, 0.2) is 5.65 Å². The summed E-state index contributed by atoms with van der Waals surface area (Å²) in [6, 6.07) is 1.86. The van der Waals surface area contributed by atoms with E-state index in [1.165, 1.54) is 25.7 Å². The van der Waals surface area contributed by atoms with Crippen LogP contribution in [0.1, 0.15) is 50.7 Å². The van der Waals surface area contributed by atoms with Crippen molar-refractivity contribution in [3.63, 3.8) is 0 Å². The number of rotatable bonds is 3. The van der Waals surface area contributed by atoms with Gasteiger partial charge in [-0.3, -0.25) is 0 Å². The number of hydrogen-bond donors (Lipinski definition) is 0. The maximum absolute atomic E-state index is 6.31. The number of pyridine rings is 1. The molecule has 2 heterocycles. The van der Waals surface area contributed by atoms with Crippen molar-refractivity contribution in [2.45, 2.75) is 51.5 Å². The largest absolute Gasteiger partial charge is 0.311 e. The number of halogens is 2. The number of nitrogens with zero attached hydrogens (tertiary/aromatic N) is 3. The van der Waals surface area contributed by atoms with E-state index in [1.54, 1.807) is 6.20 Å². The predicted octanol–water partition coefficient (Wildman–Crippen LogP) is 4.96. The summed E-state index contributed by atoms with van der Waals surface area (Å²) in [7, 11) is 0. The van der Waals surface area contributed by atoms with Crippen molar-refractivity contribution in [3.8, 4) is 0 Å². The monoisotopic (exact) mass is 311 g/mol. The number of alkyl halides is 1. The van der Waals surface area contributed by atoms with Crippen LogP contribution in [0.15, 0.2) is 12.3 Å². The van der Waals surface area contributed by atoms with Crippen molar-refractivity contribution in [3.05, 3.63) is 23.1 Å². The molecule has 1 unspecified atom stereocenters. The molecule has 0 saturated heterocycles. The summed E-state index contributed by atoms with van der Waals surface area (Å²) >= 11 is 12.3. The summed E-state index contributed by atoms with van der Waals surface area (Å²) < 4.78 is 2.19.